The van der Waals surface area contributed by atoms with Crippen LogP contribution in [0.4, 0.5) is 14.5 Å². The van der Waals surface area contributed by atoms with Gasteiger partial charge in [-0.15, -0.1) is 0 Å². The zero-order chi connectivity index (χ0) is 18.6. The molecule has 2 aromatic heterocycles. The van der Waals surface area contributed by atoms with Crippen LogP contribution in [0.15, 0.2) is 35.4 Å². The number of halogens is 2. The maximum atomic E-state index is 14.4. The van der Waals surface area contributed by atoms with Gasteiger partial charge in [-0.3, -0.25) is 9.59 Å². The van der Waals surface area contributed by atoms with Crippen LogP contribution in [0.3, 0.4) is 0 Å². The van der Waals surface area contributed by atoms with E-state index in [2.05, 4.69) is 10.3 Å². The number of hydrogen-bond acceptors (Lipinski definition) is 4. The Kier molecular flexibility index (Phi) is 3.61. The van der Waals surface area contributed by atoms with Gasteiger partial charge in [0.1, 0.15) is 17.5 Å². The number of aromatic nitrogens is 2. The average molecular weight is 361 g/mol. The van der Waals surface area contributed by atoms with Gasteiger partial charge in [-0.2, -0.15) is 0 Å². The van der Waals surface area contributed by atoms with E-state index >= 15 is 0 Å². The van der Waals surface area contributed by atoms with Crippen molar-refractivity contribution in [2.75, 3.05) is 5.32 Å². The van der Waals surface area contributed by atoms with E-state index in [4.69, 9.17) is 4.74 Å². The number of hydrogen-bond donors (Lipinski definition) is 1. The molecule has 1 unspecified atom stereocenters. The number of fused-ring (bicyclic) bond motifs is 1. The predicted octanol–water partition coefficient (Wildman–Crippen LogP) is 2.96. The lowest BCUT2D eigenvalue weighted by Crippen LogP contribution is -2.27. The fourth-order valence-corrected chi connectivity index (χ4v) is 3.04. The van der Waals surface area contributed by atoms with Gasteiger partial charge in [0, 0.05) is 18.8 Å². The molecule has 1 aliphatic carbocycles. The van der Waals surface area contributed by atoms with Crippen LogP contribution in [0.25, 0.3) is 0 Å². The van der Waals surface area contributed by atoms with Crippen LogP contribution < -0.4 is 15.6 Å². The molecule has 136 valence electrons. The van der Waals surface area contributed by atoms with Crippen molar-refractivity contribution in [3.05, 3.63) is 52.1 Å². The molecule has 0 radical (unpaired) electrons. The van der Waals surface area contributed by atoms with Crippen molar-refractivity contribution in [3.8, 4) is 5.88 Å². The first-order chi connectivity index (χ1) is 12.3. The summed E-state index contributed by atoms with van der Waals surface area (Å²) in [7, 11) is 0. The maximum absolute atomic E-state index is 14.4. The number of ether oxygens (including phenoxy) is 1. The Morgan fingerprint density at radius 3 is 2.85 bits per heavy atom. The molecule has 2 aromatic rings. The molecule has 0 aromatic carbocycles. The zero-order valence-electron chi connectivity index (χ0n) is 14.2. The molecular formula is C18H17F2N3O3. The van der Waals surface area contributed by atoms with Crippen molar-refractivity contribution in [2.24, 2.45) is 0 Å². The van der Waals surface area contributed by atoms with E-state index in [0.29, 0.717) is 6.42 Å². The molecule has 1 saturated carbocycles. The van der Waals surface area contributed by atoms with Crippen molar-refractivity contribution < 1.29 is 18.3 Å². The Balaban J connectivity index is 1.59. The van der Waals surface area contributed by atoms with Crippen molar-refractivity contribution in [2.45, 2.75) is 44.3 Å². The number of alkyl halides is 2. The lowest BCUT2D eigenvalue weighted by Gasteiger charge is -2.19. The molecule has 26 heavy (non-hydrogen) atoms. The third kappa shape index (κ3) is 2.65. The highest BCUT2D eigenvalue weighted by Crippen LogP contribution is 2.44. The summed E-state index contributed by atoms with van der Waals surface area (Å²) in [6.07, 6.45) is 0.598. The summed E-state index contributed by atoms with van der Waals surface area (Å²) in [6, 6.07) is 3.90. The average Bonchev–Trinajstić information content (AvgIpc) is 3.26. The summed E-state index contributed by atoms with van der Waals surface area (Å²) in [4.78, 5) is 28.8. The first-order valence-electron chi connectivity index (χ1n) is 8.27. The molecule has 3 heterocycles. The number of carbonyl (C=O) groups is 1. The number of amides is 1. The third-order valence-electron chi connectivity index (χ3n) is 4.65. The summed E-state index contributed by atoms with van der Waals surface area (Å²) >= 11 is 0. The third-order valence-corrected chi connectivity index (χ3v) is 4.65. The topological polar surface area (TPSA) is 73.2 Å². The lowest BCUT2D eigenvalue weighted by molar-refractivity contribution is 0.0504. The highest BCUT2D eigenvalue weighted by Gasteiger charge is 2.43. The molecule has 3 atom stereocenters. The van der Waals surface area contributed by atoms with Gasteiger partial charge < -0.3 is 14.6 Å². The van der Waals surface area contributed by atoms with Gasteiger partial charge >= 0.3 is 0 Å². The Morgan fingerprint density at radius 2 is 2.15 bits per heavy atom. The number of nitrogens with one attached hydrogen (secondary N) is 1. The monoisotopic (exact) mass is 361 g/mol. The van der Waals surface area contributed by atoms with E-state index in [-0.39, 0.29) is 22.7 Å². The molecule has 1 fully saturated rings. The summed E-state index contributed by atoms with van der Waals surface area (Å²) in [5.74, 6) is -0.441. The predicted molar refractivity (Wildman–Crippen MR) is 90.0 cm³/mol. The summed E-state index contributed by atoms with van der Waals surface area (Å²) in [5, 5.41) is 2.49. The molecular weight excluding hydrogens is 344 g/mol. The maximum Gasteiger partial charge on any atom is 0.274 e. The smallest absolute Gasteiger partial charge is 0.274 e. The van der Waals surface area contributed by atoms with Gasteiger partial charge in [0.25, 0.3) is 11.5 Å². The van der Waals surface area contributed by atoms with Crippen molar-refractivity contribution in [1.29, 1.82) is 0 Å². The van der Waals surface area contributed by atoms with Crippen molar-refractivity contribution >= 4 is 11.6 Å². The first kappa shape index (κ1) is 16.7. The lowest BCUT2D eigenvalue weighted by atomic mass is 9.99. The van der Waals surface area contributed by atoms with Crippen LogP contribution in [-0.2, 0) is 0 Å². The number of nitrogens with zero attached hydrogens (tertiary/aromatic N) is 2. The summed E-state index contributed by atoms with van der Waals surface area (Å²) in [6.45, 7) is 3.20. The molecule has 1 N–H and O–H groups in total. The minimum absolute atomic E-state index is 0.0328. The van der Waals surface area contributed by atoms with Crippen molar-refractivity contribution in [1.82, 2.24) is 9.55 Å². The second kappa shape index (κ2) is 5.62. The summed E-state index contributed by atoms with van der Waals surface area (Å²) in [5.41, 5.74) is -1.19. The quantitative estimate of drug-likeness (QED) is 0.912. The van der Waals surface area contributed by atoms with Crippen LogP contribution in [0.5, 0.6) is 5.88 Å². The van der Waals surface area contributed by atoms with Gasteiger partial charge in [0.2, 0.25) is 5.88 Å². The summed E-state index contributed by atoms with van der Waals surface area (Å²) < 4.78 is 34.4. The molecule has 4 rings (SSSR count). The van der Waals surface area contributed by atoms with Gasteiger partial charge in [-0.05, 0) is 32.0 Å². The minimum Gasteiger partial charge on any atom is -0.468 e. The van der Waals surface area contributed by atoms with Crippen LogP contribution in [-0.4, -0.2) is 27.2 Å². The Morgan fingerprint density at radius 1 is 1.42 bits per heavy atom. The van der Waals surface area contributed by atoms with E-state index in [1.165, 1.54) is 29.1 Å². The normalized spacial score (nSPS) is 25.3. The van der Waals surface area contributed by atoms with Gasteiger partial charge in [-0.25, -0.2) is 13.8 Å². The molecule has 2 aliphatic rings. The first-order valence-corrected chi connectivity index (χ1v) is 8.27. The molecule has 0 saturated heterocycles. The number of rotatable bonds is 3. The second-order valence-corrected chi connectivity index (χ2v) is 7.09. The largest absolute Gasteiger partial charge is 0.468 e. The zero-order valence-corrected chi connectivity index (χ0v) is 14.2. The minimum atomic E-state index is -1.41. The van der Waals surface area contributed by atoms with E-state index in [0.717, 1.165) is 0 Å². The van der Waals surface area contributed by atoms with E-state index in [1.54, 1.807) is 19.9 Å². The van der Waals surface area contributed by atoms with Crippen molar-refractivity contribution in [3.63, 3.8) is 0 Å². The SMILES string of the molecule is CC1(C)Oc2ncc(C(=O)Nc3cccn([C@H]4C[C@H]4F)c3=O)cc2C1F. The Hall–Kier alpha value is -2.77. The fraction of sp³-hybridized carbons (Fsp3) is 0.389. The number of carbonyl (C=O) groups excluding carboxylic acids is 1. The van der Waals surface area contributed by atoms with Gasteiger partial charge in [0.05, 0.1) is 17.2 Å². The van der Waals surface area contributed by atoms with E-state index < -0.39 is 35.5 Å². The number of pyridine rings is 2. The molecule has 1 aliphatic heterocycles. The Labute approximate surface area is 147 Å². The molecule has 8 heteroatoms. The number of anilines is 1. The fourth-order valence-electron chi connectivity index (χ4n) is 3.04. The molecule has 0 spiro atoms. The van der Waals surface area contributed by atoms with E-state index in [9.17, 15) is 18.4 Å². The second-order valence-electron chi connectivity index (χ2n) is 7.09. The highest BCUT2D eigenvalue weighted by atomic mass is 19.1. The molecule has 6 nitrogen and oxygen atoms in total. The van der Waals surface area contributed by atoms with Gasteiger partial charge in [0.15, 0.2) is 6.17 Å². The van der Waals surface area contributed by atoms with Crippen LogP contribution >= 0.6 is 0 Å². The van der Waals surface area contributed by atoms with Crippen LogP contribution in [0, 0.1) is 0 Å². The molecule has 1 amide bonds. The van der Waals surface area contributed by atoms with Gasteiger partial charge in [-0.1, -0.05) is 0 Å². The van der Waals surface area contributed by atoms with Crippen LogP contribution in [0.2, 0.25) is 0 Å². The van der Waals surface area contributed by atoms with Crippen LogP contribution in [0.1, 0.15) is 48.4 Å². The molecule has 0 bridgehead atoms. The standard InChI is InChI=1S/C18H17F2N3O3/c1-18(2)14(20)10-6-9(8-21-16(10)26-18)15(24)22-12-4-3-5-23(17(12)25)13-7-11(13)19/h3-6,8,11,13-14H,7H2,1-2H3,(H,22,24)/t11-,13+,14?/m1/s1. The van der Waals surface area contributed by atoms with E-state index in [1.807, 2.05) is 0 Å². The highest BCUT2D eigenvalue weighted by molar-refractivity contribution is 6.04. The Bertz CT molecular complexity index is 957.